The number of pyridine rings is 1. The zero-order valence-corrected chi connectivity index (χ0v) is 12.5. The van der Waals surface area contributed by atoms with E-state index in [1.54, 1.807) is 12.4 Å². The van der Waals surface area contributed by atoms with Gasteiger partial charge < -0.3 is 5.32 Å². The van der Waals surface area contributed by atoms with E-state index in [1.807, 2.05) is 37.3 Å². The van der Waals surface area contributed by atoms with Gasteiger partial charge in [0, 0.05) is 34.2 Å². The van der Waals surface area contributed by atoms with Crippen LogP contribution in [0.5, 0.6) is 0 Å². The Morgan fingerprint density at radius 3 is 2.80 bits per heavy atom. The first kappa shape index (κ1) is 13.3. The van der Waals surface area contributed by atoms with E-state index in [0.29, 0.717) is 0 Å². The van der Waals surface area contributed by atoms with E-state index in [-0.39, 0.29) is 18.0 Å². The van der Waals surface area contributed by atoms with E-state index in [0.717, 1.165) is 21.3 Å². The third kappa shape index (κ3) is 2.34. The highest BCUT2D eigenvalue weighted by Gasteiger charge is 2.33. The van der Waals surface area contributed by atoms with Gasteiger partial charge in [0.2, 0.25) is 5.91 Å². The molecule has 0 bridgehead atoms. The molecule has 1 aromatic carbocycles. The summed E-state index contributed by atoms with van der Waals surface area (Å²) in [5.41, 5.74) is 2.94. The molecule has 0 saturated heterocycles. The largest absolute Gasteiger partial charge is 0.324 e. The van der Waals surface area contributed by atoms with Crippen LogP contribution in [0.4, 0.5) is 5.69 Å². The van der Waals surface area contributed by atoms with Gasteiger partial charge in [-0.2, -0.15) is 0 Å². The summed E-state index contributed by atoms with van der Waals surface area (Å²) in [6, 6.07) is 9.40. The minimum absolute atomic E-state index is 0.0205. The number of nitrogens with one attached hydrogen (secondary N) is 2. The lowest BCUT2D eigenvalue weighted by Gasteiger charge is -2.19. The lowest BCUT2D eigenvalue weighted by Crippen LogP contribution is -2.30. The molecule has 3 rings (SSSR count). The fourth-order valence-corrected chi connectivity index (χ4v) is 3.03. The molecule has 1 amide bonds. The van der Waals surface area contributed by atoms with Crippen LogP contribution < -0.4 is 10.6 Å². The van der Waals surface area contributed by atoms with Gasteiger partial charge in [-0.3, -0.25) is 15.1 Å². The smallest absolute Gasteiger partial charge is 0.246 e. The molecule has 4 nitrogen and oxygen atoms in total. The van der Waals surface area contributed by atoms with Gasteiger partial charge >= 0.3 is 0 Å². The fraction of sp³-hybridized carbons (Fsp3) is 0.200. The van der Waals surface area contributed by atoms with Crippen molar-refractivity contribution in [1.82, 2.24) is 10.3 Å². The Bertz CT molecular complexity index is 645. The number of anilines is 1. The number of benzene rings is 1. The highest BCUT2D eigenvalue weighted by atomic mass is 79.9. The molecule has 102 valence electrons. The van der Waals surface area contributed by atoms with Gasteiger partial charge in [-0.05, 0) is 36.8 Å². The number of hydrogen-bond acceptors (Lipinski definition) is 3. The SMILES string of the molecule is CC(NC1C(=O)Nc2cccc(Br)c21)c1ccncc1. The number of fused-ring (bicyclic) bond motifs is 1. The second-order valence-corrected chi connectivity index (χ2v) is 5.65. The summed E-state index contributed by atoms with van der Waals surface area (Å²) in [5, 5.41) is 6.27. The van der Waals surface area contributed by atoms with Gasteiger partial charge in [0.05, 0.1) is 0 Å². The summed E-state index contributed by atoms with van der Waals surface area (Å²) in [6.45, 7) is 2.04. The molecule has 5 heteroatoms. The summed E-state index contributed by atoms with van der Waals surface area (Å²) in [5.74, 6) is -0.0205. The molecule has 2 heterocycles. The summed E-state index contributed by atoms with van der Waals surface area (Å²) in [7, 11) is 0. The van der Waals surface area contributed by atoms with Gasteiger partial charge in [0.25, 0.3) is 0 Å². The van der Waals surface area contributed by atoms with Crippen molar-refractivity contribution in [3.05, 3.63) is 58.3 Å². The van der Waals surface area contributed by atoms with Crippen LogP contribution in [-0.4, -0.2) is 10.9 Å². The molecular formula is C15H14BrN3O. The Kier molecular flexibility index (Phi) is 3.54. The molecule has 2 aromatic rings. The van der Waals surface area contributed by atoms with Gasteiger partial charge in [-0.25, -0.2) is 0 Å². The van der Waals surface area contributed by atoms with Crippen molar-refractivity contribution in [2.75, 3.05) is 5.32 Å². The summed E-state index contributed by atoms with van der Waals surface area (Å²) in [6.07, 6.45) is 3.51. The number of carbonyl (C=O) groups excluding carboxylic acids is 1. The van der Waals surface area contributed by atoms with Gasteiger partial charge in [-0.15, -0.1) is 0 Å². The van der Waals surface area contributed by atoms with Crippen molar-refractivity contribution in [2.45, 2.75) is 19.0 Å². The number of amides is 1. The predicted octanol–water partition coefficient (Wildman–Crippen LogP) is 3.19. The van der Waals surface area contributed by atoms with Crippen LogP contribution in [0, 0.1) is 0 Å². The molecule has 0 spiro atoms. The van der Waals surface area contributed by atoms with Crippen LogP contribution in [0.2, 0.25) is 0 Å². The quantitative estimate of drug-likeness (QED) is 0.908. The molecule has 1 aliphatic rings. The van der Waals surface area contributed by atoms with E-state index >= 15 is 0 Å². The average Bonchev–Trinajstić information content (AvgIpc) is 2.77. The van der Waals surface area contributed by atoms with E-state index in [4.69, 9.17) is 0 Å². The van der Waals surface area contributed by atoms with Crippen molar-refractivity contribution in [3.63, 3.8) is 0 Å². The number of rotatable bonds is 3. The Balaban J connectivity index is 1.87. The van der Waals surface area contributed by atoms with E-state index < -0.39 is 0 Å². The van der Waals surface area contributed by atoms with Crippen LogP contribution in [-0.2, 0) is 4.79 Å². The molecule has 0 saturated carbocycles. The second-order valence-electron chi connectivity index (χ2n) is 4.79. The molecule has 2 N–H and O–H groups in total. The molecule has 20 heavy (non-hydrogen) atoms. The van der Waals surface area contributed by atoms with Gasteiger partial charge in [-0.1, -0.05) is 22.0 Å². The third-order valence-electron chi connectivity index (χ3n) is 3.48. The number of hydrogen-bond donors (Lipinski definition) is 2. The topological polar surface area (TPSA) is 54.0 Å². The highest BCUT2D eigenvalue weighted by Crippen LogP contribution is 2.37. The lowest BCUT2D eigenvalue weighted by molar-refractivity contribution is -0.117. The molecule has 0 fully saturated rings. The molecule has 2 unspecified atom stereocenters. The van der Waals surface area contributed by atoms with Crippen LogP contribution in [0.1, 0.15) is 30.1 Å². The van der Waals surface area contributed by atoms with Crippen LogP contribution in [0.25, 0.3) is 0 Å². The normalized spacial score (nSPS) is 18.5. The molecule has 2 atom stereocenters. The molecular weight excluding hydrogens is 318 g/mol. The van der Waals surface area contributed by atoms with E-state index in [1.165, 1.54) is 0 Å². The number of aromatic nitrogens is 1. The predicted molar refractivity (Wildman–Crippen MR) is 81.3 cm³/mol. The van der Waals surface area contributed by atoms with Crippen molar-refractivity contribution in [2.24, 2.45) is 0 Å². The Labute approximate surface area is 125 Å². The summed E-state index contributed by atoms with van der Waals surface area (Å²) in [4.78, 5) is 16.2. The third-order valence-corrected chi connectivity index (χ3v) is 4.18. The zero-order chi connectivity index (χ0) is 14.1. The first-order chi connectivity index (χ1) is 9.66. The molecule has 0 radical (unpaired) electrons. The molecule has 1 aliphatic heterocycles. The second kappa shape index (κ2) is 5.34. The van der Waals surface area contributed by atoms with Crippen LogP contribution in [0.3, 0.4) is 0 Å². The van der Waals surface area contributed by atoms with Crippen molar-refractivity contribution in [3.8, 4) is 0 Å². The van der Waals surface area contributed by atoms with Gasteiger partial charge in [0.15, 0.2) is 0 Å². The van der Waals surface area contributed by atoms with Gasteiger partial charge in [0.1, 0.15) is 6.04 Å². The Hall–Kier alpha value is -1.72. The zero-order valence-electron chi connectivity index (χ0n) is 10.9. The Morgan fingerprint density at radius 2 is 2.05 bits per heavy atom. The maximum absolute atomic E-state index is 12.1. The highest BCUT2D eigenvalue weighted by molar-refractivity contribution is 9.10. The first-order valence-corrected chi connectivity index (χ1v) is 7.21. The number of halogens is 1. The van der Waals surface area contributed by atoms with Crippen LogP contribution >= 0.6 is 15.9 Å². The standard InChI is InChI=1S/C15H14BrN3O/c1-9(10-5-7-17-8-6-10)18-14-13-11(16)3-2-4-12(13)19-15(14)20/h2-9,14,18H,1H3,(H,19,20). The maximum Gasteiger partial charge on any atom is 0.246 e. The lowest BCUT2D eigenvalue weighted by atomic mass is 10.0. The Morgan fingerprint density at radius 1 is 1.30 bits per heavy atom. The maximum atomic E-state index is 12.1. The monoisotopic (exact) mass is 331 g/mol. The minimum Gasteiger partial charge on any atom is -0.324 e. The molecule has 1 aromatic heterocycles. The van der Waals surface area contributed by atoms with Crippen molar-refractivity contribution in [1.29, 1.82) is 0 Å². The summed E-state index contributed by atoms with van der Waals surface area (Å²) < 4.78 is 0.938. The summed E-state index contributed by atoms with van der Waals surface area (Å²) >= 11 is 3.52. The minimum atomic E-state index is -0.344. The fourth-order valence-electron chi connectivity index (χ4n) is 2.43. The van der Waals surface area contributed by atoms with Crippen LogP contribution in [0.15, 0.2) is 47.2 Å². The van der Waals surface area contributed by atoms with E-state index in [9.17, 15) is 4.79 Å². The first-order valence-electron chi connectivity index (χ1n) is 6.42. The number of nitrogens with zero attached hydrogens (tertiary/aromatic N) is 1. The van der Waals surface area contributed by atoms with E-state index in [2.05, 4.69) is 31.5 Å². The molecule has 0 aliphatic carbocycles. The van der Waals surface area contributed by atoms with Crippen molar-refractivity contribution < 1.29 is 4.79 Å². The average molecular weight is 332 g/mol. The number of carbonyl (C=O) groups is 1. The van der Waals surface area contributed by atoms with Crippen molar-refractivity contribution >= 4 is 27.5 Å².